The first-order chi connectivity index (χ1) is 13.1. The van der Waals surface area contributed by atoms with E-state index in [1.807, 2.05) is 18.2 Å². The van der Waals surface area contributed by atoms with Gasteiger partial charge < -0.3 is 21.8 Å². The van der Waals surface area contributed by atoms with Gasteiger partial charge in [0.05, 0.1) is 12.0 Å². The third-order valence-corrected chi connectivity index (χ3v) is 7.05. The summed E-state index contributed by atoms with van der Waals surface area (Å²) in [7, 11) is 0. The van der Waals surface area contributed by atoms with Crippen molar-refractivity contribution in [2.75, 3.05) is 4.90 Å². The van der Waals surface area contributed by atoms with E-state index in [9.17, 15) is 9.59 Å². The quantitative estimate of drug-likeness (QED) is 0.698. The molecule has 4 aliphatic carbocycles. The normalized spacial score (nSPS) is 31.0. The van der Waals surface area contributed by atoms with E-state index in [1.54, 1.807) is 12.1 Å². The standard InChI is InChI=1S/C22H23NO3S/c24-20(19-6-3-7-26-19)23(21(25)27)18-5-2-1-4-17(18)22-11-14-8-15(12-22)10-16(9-14)13-22/h1-7,14-16H,8-13H2,(H,25,27)/p-1. The van der Waals surface area contributed by atoms with Crippen molar-refractivity contribution in [3.8, 4) is 0 Å². The summed E-state index contributed by atoms with van der Waals surface area (Å²) in [6.45, 7) is 0. The summed E-state index contributed by atoms with van der Waals surface area (Å²) in [5.74, 6) is 1.97. The van der Waals surface area contributed by atoms with E-state index < -0.39 is 11.1 Å². The van der Waals surface area contributed by atoms with E-state index in [2.05, 4.69) is 6.07 Å². The average molecular weight is 380 g/mol. The molecule has 5 heteroatoms. The number of carbonyl (C=O) groups is 2. The summed E-state index contributed by atoms with van der Waals surface area (Å²) < 4.78 is 5.25. The Hall–Kier alpha value is -2.14. The number of hydrogen-bond donors (Lipinski definition) is 0. The molecule has 27 heavy (non-hydrogen) atoms. The Bertz CT molecular complexity index is 853. The zero-order valence-electron chi connectivity index (χ0n) is 15.1. The summed E-state index contributed by atoms with van der Waals surface area (Å²) in [5, 5.41) is -0.687. The molecule has 2 aromatic rings. The smallest absolute Gasteiger partial charge is 0.299 e. The number of nitrogens with zero attached hydrogens (tertiary/aromatic N) is 1. The van der Waals surface area contributed by atoms with E-state index in [4.69, 9.17) is 17.0 Å². The molecular weight excluding hydrogens is 358 g/mol. The van der Waals surface area contributed by atoms with Crippen LogP contribution in [0.3, 0.4) is 0 Å². The van der Waals surface area contributed by atoms with Crippen LogP contribution in [0.2, 0.25) is 0 Å². The molecule has 4 bridgehead atoms. The summed E-state index contributed by atoms with van der Waals surface area (Å²) in [4.78, 5) is 26.4. The summed E-state index contributed by atoms with van der Waals surface area (Å²) in [6, 6.07) is 11.1. The minimum Gasteiger partial charge on any atom is -0.718 e. The number of furan rings is 1. The molecule has 2 amide bonds. The highest BCUT2D eigenvalue weighted by molar-refractivity contribution is 7.77. The molecular formula is C22H22NO3S-. The first-order valence-electron chi connectivity index (χ1n) is 9.74. The van der Waals surface area contributed by atoms with Crippen molar-refractivity contribution in [3.63, 3.8) is 0 Å². The van der Waals surface area contributed by atoms with E-state index in [0.29, 0.717) is 5.69 Å². The first kappa shape index (κ1) is 17.0. The molecule has 0 saturated heterocycles. The number of hydrogen-bond acceptors (Lipinski definition) is 4. The van der Waals surface area contributed by atoms with Crippen LogP contribution >= 0.6 is 0 Å². The Morgan fingerprint density at radius 1 is 0.963 bits per heavy atom. The lowest BCUT2D eigenvalue weighted by Crippen LogP contribution is -2.49. The molecule has 1 aromatic carbocycles. The van der Waals surface area contributed by atoms with Gasteiger partial charge >= 0.3 is 0 Å². The van der Waals surface area contributed by atoms with Crippen LogP contribution < -0.4 is 4.90 Å². The molecule has 0 aliphatic heterocycles. The van der Waals surface area contributed by atoms with Crippen LogP contribution in [0.4, 0.5) is 10.5 Å². The van der Waals surface area contributed by atoms with Crippen molar-refractivity contribution in [1.82, 2.24) is 0 Å². The van der Waals surface area contributed by atoms with E-state index >= 15 is 0 Å². The zero-order valence-corrected chi connectivity index (χ0v) is 15.9. The minimum absolute atomic E-state index is 0.0673. The van der Waals surface area contributed by atoms with Crippen molar-refractivity contribution >= 4 is 29.5 Å². The molecule has 4 saturated carbocycles. The second-order valence-electron chi connectivity index (χ2n) is 8.60. The summed E-state index contributed by atoms with van der Waals surface area (Å²) in [5.41, 5.74) is 1.82. The van der Waals surface area contributed by atoms with E-state index in [0.717, 1.165) is 47.5 Å². The maximum Gasteiger partial charge on any atom is 0.299 e. The molecule has 0 spiro atoms. The van der Waals surface area contributed by atoms with Crippen molar-refractivity contribution in [3.05, 3.63) is 54.0 Å². The Balaban J connectivity index is 1.60. The van der Waals surface area contributed by atoms with Crippen LogP contribution in [0, 0.1) is 17.8 Å². The zero-order chi connectivity index (χ0) is 18.6. The molecule has 0 unspecified atom stereocenters. The van der Waals surface area contributed by atoms with Crippen LogP contribution in [0.5, 0.6) is 0 Å². The van der Waals surface area contributed by atoms with Gasteiger partial charge in [-0.15, -0.1) is 0 Å². The third kappa shape index (κ3) is 2.71. The van der Waals surface area contributed by atoms with Gasteiger partial charge in [0.25, 0.3) is 5.91 Å². The molecule has 140 valence electrons. The van der Waals surface area contributed by atoms with E-state index in [1.165, 1.54) is 25.5 Å². The molecule has 0 atom stereocenters. The minimum atomic E-state index is -0.687. The Morgan fingerprint density at radius 3 is 2.15 bits per heavy atom. The van der Waals surface area contributed by atoms with Crippen molar-refractivity contribution in [2.45, 2.75) is 43.9 Å². The predicted octanol–water partition coefficient (Wildman–Crippen LogP) is 5.06. The van der Waals surface area contributed by atoms with Gasteiger partial charge in [-0.1, -0.05) is 18.2 Å². The first-order valence-corrected chi connectivity index (χ1v) is 10.1. The molecule has 6 rings (SSSR count). The lowest BCUT2D eigenvalue weighted by Gasteiger charge is -2.57. The second kappa shape index (κ2) is 6.20. The van der Waals surface area contributed by atoms with Crippen LogP contribution in [0.15, 0.2) is 47.1 Å². The fourth-order valence-corrected chi connectivity index (χ4v) is 6.54. The Morgan fingerprint density at radius 2 is 1.59 bits per heavy atom. The lowest BCUT2D eigenvalue weighted by atomic mass is 9.48. The van der Waals surface area contributed by atoms with Crippen LogP contribution in [0.1, 0.15) is 54.6 Å². The molecule has 4 aliphatic rings. The average Bonchev–Trinajstić information content (AvgIpc) is 3.15. The molecule has 0 N–H and O–H groups in total. The van der Waals surface area contributed by atoms with Gasteiger partial charge in [0.15, 0.2) is 5.76 Å². The molecule has 1 heterocycles. The SMILES string of the molecule is O=C([S-])N(C(=O)c1ccco1)c1ccccc1C12CC3CC(CC(C3)C1)C2. The largest absolute Gasteiger partial charge is 0.718 e. The second-order valence-corrected chi connectivity index (χ2v) is 8.95. The van der Waals surface area contributed by atoms with Gasteiger partial charge in [0.1, 0.15) is 5.24 Å². The van der Waals surface area contributed by atoms with Crippen molar-refractivity contribution in [1.29, 1.82) is 0 Å². The number of benzene rings is 1. The number of imide groups is 1. The maximum atomic E-state index is 13.0. The van der Waals surface area contributed by atoms with Crippen molar-refractivity contribution in [2.24, 2.45) is 17.8 Å². The third-order valence-electron chi connectivity index (χ3n) is 6.87. The van der Waals surface area contributed by atoms with Crippen LogP contribution in [-0.2, 0) is 18.0 Å². The van der Waals surface area contributed by atoms with Crippen LogP contribution in [0.25, 0.3) is 0 Å². The highest BCUT2D eigenvalue weighted by atomic mass is 32.1. The molecule has 4 nitrogen and oxygen atoms in total. The Labute approximate surface area is 164 Å². The molecule has 0 radical (unpaired) electrons. The number of amides is 2. The van der Waals surface area contributed by atoms with Gasteiger partial charge in [-0.05, 0) is 85.5 Å². The number of carbonyl (C=O) groups excluding carboxylic acids is 2. The topological polar surface area (TPSA) is 50.5 Å². The number of para-hydroxylation sites is 1. The number of anilines is 1. The fraction of sp³-hybridized carbons (Fsp3) is 0.455. The van der Waals surface area contributed by atoms with Crippen molar-refractivity contribution < 1.29 is 14.0 Å². The molecule has 4 fully saturated rings. The molecule has 1 aromatic heterocycles. The van der Waals surface area contributed by atoms with Gasteiger partial charge in [-0.25, -0.2) is 0 Å². The van der Waals surface area contributed by atoms with Gasteiger partial charge in [0.2, 0.25) is 0 Å². The maximum absolute atomic E-state index is 13.0. The van der Waals surface area contributed by atoms with Gasteiger partial charge in [0, 0.05) is 0 Å². The van der Waals surface area contributed by atoms with Crippen LogP contribution in [-0.4, -0.2) is 11.1 Å². The lowest BCUT2D eigenvalue weighted by molar-refractivity contribution is -0.00492. The monoisotopic (exact) mass is 380 g/mol. The number of rotatable bonds is 3. The van der Waals surface area contributed by atoms with Gasteiger partial charge in [-0.2, -0.15) is 0 Å². The van der Waals surface area contributed by atoms with Gasteiger partial charge in [-0.3, -0.25) is 9.69 Å². The highest BCUT2D eigenvalue weighted by Crippen LogP contribution is 2.61. The Kier molecular flexibility index (Phi) is 3.90. The fourth-order valence-electron chi connectivity index (χ4n) is 6.36. The summed E-state index contributed by atoms with van der Waals surface area (Å²) >= 11 is 4.96. The van der Waals surface area contributed by atoms with E-state index in [-0.39, 0.29) is 11.2 Å². The predicted molar refractivity (Wildman–Crippen MR) is 105 cm³/mol. The highest BCUT2D eigenvalue weighted by Gasteiger charge is 2.52. The summed E-state index contributed by atoms with van der Waals surface area (Å²) in [6.07, 6.45) is 8.94.